The third-order valence-electron chi connectivity index (χ3n) is 2.96. The summed E-state index contributed by atoms with van der Waals surface area (Å²) < 4.78 is 0. The molecule has 1 atom stereocenters. The van der Waals surface area contributed by atoms with Crippen LogP contribution in [0.15, 0.2) is 29.2 Å². The molecular weight excluding hydrogens is 324 g/mol. The Balaban J connectivity index is 2.48. The first kappa shape index (κ1) is 19.8. The van der Waals surface area contributed by atoms with Crippen molar-refractivity contribution in [1.29, 1.82) is 5.26 Å². The van der Waals surface area contributed by atoms with Crippen LogP contribution in [0.4, 0.5) is 10.5 Å². The van der Waals surface area contributed by atoms with Crippen LogP contribution in [0.2, 0.25) is 0 Å². The summed E-state index contributed by atoms with van der Waals surface area (Å²) in [6.07, 6.45) is 0. The fraction of sp³-hybridized carbons (Fsp3) is 0.471. The fourth-order valence-corrected chi connectivity index (χ4v) is 2.65. The van der Waals surface area contributed by atoms with E-state index in [9.17, 15) is 9.59 Å². The summed E-state index contributed by atoms with van der Waals surface area (Å²) in [5.41, 5.74) is 0.811. The molecule has 1 aromatic rings. The predicted octanol–water partition coefficient (Wildman–Crippen LogP) is 2.83. The monoisotopic (exact) mass is 348 g/mol. The highest BCUT2D eigenvalue weighted by molar-refractivity contribution is 7.99. The molecule has 24 heavy (non-hydrogen) atoms. The Morgan fingerprint density at radius 1 is 1.25 bits per heavy atom. The van der Waals surface area contributed by atoms with Crippen molar-refractivity contribution in [3.8, 4) is 6.07 Å². The Morgan fingerprint density at radius 3 is 2.62 bits per heavy atom. The molecule has 0 radical (unpaired) electrons. The molecule has 3 N–H and O–H groups in total. The molecule has 0 fully saturated rings. The summed E-state index contributed by atoms with van der Waals surface area (Å²) in [5, 5.41) is 16.8. The zero-order valence-corrected chi connectivity index (χ0v) is 15.1. The second-order valence-electron chi connectivity index (χ2n) is 5.84. The molecule has 0 saturated heterocycles. The molecule has 7 heteroatoms. The first-order valence-electron chi connectivity index (χ1n) is 7.85. The Bertz CT molecular complexity index is 598. The first-order valence-corrected chi connectivity index (χ1v) is 8.84. The van der Waals surface area contributed by atoms with Crippen molar-refractivity contribution in [2.75, 3.05) is 24.2 Å². The van der Waals surface area contributed by atoms with Crippen LogP contribution in [-0.4, -0.2) is 30.8 Å². The number of nitriles is 1. The van der Waals surface area contributed by atoms with Gasteiger partial charge in [-0.15, -0.1) is 11.8 Å². The third kappa shape index (κ3) is 7.88. The highest BCUT2D eigenvalue weighted by atomic mass is 32.2. The third-order valence-corrected chi connectivity index (χ3v) is 4.29. The lowest BCUT2D eigenvalue weighted by molar-refractivity contribution is -0.118. The average Bonchev–Trinajstić information content (AvgIpc) is 2.56. The molecule has 1 aromatic carbocycles. The van der Waals surface area contributed by atoms with Gasteiger partial charge in [-0.05, 0) is 25.0 Å². The Morgan fingerprint density at radius 2 is 1.96 bits per heavy atom. The van der Waals surface area contributed by atoms with Crippen molar-refractivity contribution in [2.24, 2.45) is 11.8 Å². The summed E-state index contributed by atoms with van der Waals surface area (Å²) in [6, 6.07) is 9.29. The van der Waals surface area contributed by atoms with Crippen molar-refractivity contribution in [1.82, 2.24) is 10.6 Å². The number of nitrogens with zero attached hydrogens (tertiary/aromatic N) is 1. The number of anilines is 1. The van der Waals surface area contributed by atoms with E-state index >= 15 is 0 Å². The van der Waals surface area contributed by atoms with Crippen molar-refractivity contribution in [2.45, 2.75) is 25.7 Å². The molecule has 130 valence electrons. The lowest BCUT2D eigenvalue weighted by atomic mass is 10.2. The number of urea groups is 1. The van der Waals surface area contributed by atoms with Crippen molar-refractivity contribution in [3.05, 3.63) is 24.3 Å². The van der Waals surface area contributed by atoms with E-state index in [0.29, 0.717) is 18.2 Å². The molecule has 0 saturated carbocycles. The topological polar surface area (TPSA) is 94.0 Å². The van der Waals surface area contributed by atoms with Gasteiger partial charge in [0.25, 0.3) is 0 Å². The minimum Gasteiger partial charge on any atom is -0.375 e. The van der Waals surface area contributed by atoms with E-state index in [1.807, 2.05) is 45.0 Å². The molecule has 0 bridgehead atoms. The summed E-state index contributed by atoms with van der Waals surface area (Å²) in [7, 11) is 0. The maximum atomic E-state index is 11.8. The van der Waals surface area contributed by atoms with Gasteiger partial charge in [-0.2, -0.15) is 5.26 Å². The van der Waals surface area contributed by atoms with Gasteiger partial charge in [0.2, 0.25) is 5.91 Å². The van der Waals surface area contributed by atoms with Crippen LogP contribution >= 0.6 is 11.8 Å². The molecule has 0 spiro atoms. The Hall–Kier alpha value is -2.20. The molecular formula is C17H24N4O2S. The van der Waals surface area contributed by atoms with E-state index in [2.05, 4.69) is 22.0 Å². The average molecular weight is 348 g/mol. The Labute approximate surface area is 147 Å². The molecule has 0 aliphatic carbocycles. The maximum absolute atomic E-state index is 11.8. The minimum absolute atomic E-state index is 0.000472. The minimum atomic E-state index is -0.485. The second kappa shape index (κ2) is 10.6. The second-order valence-corrected chi connectivity index (χ2v) is 6.90. The van der Waals surface area contributed by atoms with Gasteiger partial charge in [-0.1, -0.05) is 26.0 Å². The van der Waals surface area contributed by atoms with E-state index in [4.69, 9.17) is 5.26 Å². The van der Waals surface area contributed by atoms with Gasteiger partial charge >= 0.3 is 6.03 Å². The largest absolute Gasteiger partial charge is 0.375 e. The van der Waals surface area contributed by atoms with E-state index < -0.39 is 11.9 Å². The van der Waals surface area contributed by atoms with Crippen LogP contribution in [0.3, 0.4) is 0 Å². The number of amides is 3. The molecule has 0 heterocycles. The Kier molecular flexibility index (Phi) is 8.72. The predicted molar refractivity (Wildman–Crippen MR) is 96.8 cm³/mol. The van der Waals surface area contributed by atoms with Gasteiger partial charge < -0.3 is 10.6 Å². The number of rotatable bonds is 8. The van der Waals surface area contributed by atoms with Crippen molar-refractivity contribution < 1.29 is 9.59 Å². The smallest absolute Gasteiger partial charge is 0.321 e. The number of benzene rings is 1. The van der Waals surface area contributed by atoms with Crippen LogP contribution in [0, 0.1) is 23.2 Å². The number of hydrogen-bond donors (Lipinski definition) is 3. The van der Waals surface area contributed by atoms with Gasteiger partial charge in [0.05, 0.1) is 18.5 Å². The van der Waals surface area contributed by atoms with Gasteiger partial charge in [0, 0.05) is 22.9 Å². The molecule has 3 amide bonds. The lowest BCUT2D eigenvalue weighted by Gasteiger charge is -2.12. The summed E-state index contributed by atoms with van der Waals surface area (Å²) in [6.45, 7) is 6.34. The molecule has 0 aliphatic heterocycles. The standard InChI is InChI=1S/C17H24N4O2S/c1-12(2)9-20-17(23)21-16(22)10-19-14-6-4-5-7-15(14)24-11-13(3)8-18/h4-7,12-13,19H,9-11H2,1-3H3,(H2,20,21,22,23)/t13-/m0/s1. The number of hydrogen-bond acceptors (Lipinski definition) is 5. The van der Waals surface area contributed by atoms with Gasteiger partial charge in [0.15, 0.2) is 0 Å². The quantitative estimate of drug-likeness (QED) is 0.628. The molecule has 0 aromatic heterocycles. The van der Waals surface area contributed by atoms with Crippen molar-refractivity contribution >= 4 is 29.4 Å². The van der Waals surface area contributed by atoms with Crippen LogP contribution < -0.4 is 16.0 Å². The molecule has 0 unspecified atom stereocenters. The summed E-state index contributed by atoms with van der Waals surface area (Å²) in [4.78, 5) is 24.3. The van der Waals surface area contributed by atoms with Gasteiger partial charge in [0.1, 0.15) is 0 Å². The van der Waals surface area contributed by atoms with Crippen LogP contribution in [0.25, 0.3) is 0 Å². The summed E-state index contributed by atoms with van der Waals surface area (Å²) in [5.74, 6) is 0.556. The SMILES string of the molecule is CC(C)CNC(=O)NC(=O)CNc1ccccc1SC[C@@H](C)C#N. The number of carbonyl (C=O) groups excluding carboxylic acids is 2. The number of imide groups is 1. The van der Waals surface area contributed by atoms with Crippen molar-refractivity contribution in [3.63, 3.8) is 0 Å². The van der Waals surface area contributed by atoms with Crippen LogP contribution in [0.5, 0.6) is 0 Å². The van der Waals surface area contributed by atoms with E-state index in [0.717, 1.165) is 10.6 Å². The van der Waals surface area contributed by atoms with Gasteiger partial charge in [-0.3, -0.25) is 10.1 Å². The van der Waals surface area contributed by atoms with E-state index in [1.54, 1.807) is 11.8 Å². The first-order chi connectivity index (χ1) is 11.4. The van der Waals surface area contributed by atoms with Crippen LogP contribution in [0.1, 0.15) is 20.8 Å². The number of nitrogens with one attached hydrogen (secondary N) is 3. The molecule has 6 nitrogen and oxygen atoms in total. The molecule has 1 rings (SSSR count). The maximum Gasteiger partial charge on any atom is 0.321 e. The van der Waals surface area contributed by atoms with Gasteiger partial charge in [-0.25, -0.2) is 4.79 Å². The normalized spacial score (nSPS) is 11.5. The van der Waals surface area contributed by atoms with E-state index in [-0.39, 0.29) is 12.5 Å². The van der Waals surface area contributed by atoms with E-state index in [1.165, 1.54) is 0 Å². The number of para-hydroxylation sites is 1. The zero-order valence-electron chi connectivity index (χ0n) is 14.3. The number of carbonyl (C=O) groups is 2. The van der Waals surface area contributed by atoms with Crippen LogP contribution in [-0.2, 0) is 4.79 Å². The fourth-order valence-electron chi connectivity index (χ4n) is 1.68. The zero-order chi connectivity index (χ0) is 17.9. The highest BCUT2D eigenvalue weighted by Crippen LogP contribution is 2.28. The number of thioether (sulfide) groups is 1. The molecule has 0 aliphatic rings. The lowest BCUT2D eigenvalue weighted by Crippen LogP contribution is -2.43. The highest BCUT2D eigenvalue weighted by Gasteiger charge is 2.10. The summed E-state index contributed by atoms with van der Waals surface area (Å²) >= 11 is 1.56.